The highest BCUT2D eigenvalue weighted by molar-refractivity contribution is 9.11. The standard InChI is InChI=1S/C15H12Br2ClF2N/c1-2-21-15(9-5-8(16)3-4-11(9)17)10-6-14(20)12(18)7-13(10)19/h3-7,15,21H,2H2,1H3. The fourth-order valence-electron chi connectivity index (χ4n) is 2.09. The molecule has 1 unspecified atom stereocenters. The summed E-state index contributed by atoms with van der Waals surface area (Å²) in [5.74, 6) is -1.18. The summed E-state index contributed by atoms with van der Waals surface area (Å²) >= 11 is 12.5. The lowest BCUT2D eigenvalue weighted by molar-refractivity contribution is 0.544. The zero-order valence-corrected chi connectivity index (χ0v) is 15.0. The SMILES string of the molecule is CCNC(c1cc(F)c(Cl)cc1F)c1cc(Br)ccc1Br. The maximum absolute atomic E-state index is 14.2. The van der Waals surface area contributed by atoms with Gasteiger partial charge in [-0.05, 0) is 42.4 Å². The van der Waals surface area contributed by atoms with Crippen molar-refractivity contribution in [2.45, 2.75) is 13.0 Å². The fraction of sp³-hybridized carbons (Fsp3) is 0.200. The number of halogens is 5. The highest BCUT2D eigenvalue weighted by atomic mass is 79.9. The first-order chi connectivity index (χ1) is 9.93. The van der Waals surface area contributed by atoms with E-state index in [4.69, 9.17) is 11.6 Å². The van der Waals surface area contributed by atoms with Gasteiger partial charge >= 0.3 is 0 Å². The van der Waals surface area contributed by atoms with Crippen molar-refractivity contribution in [1.29, 1.82) is 0 Å². The third-order valence-electron chi connectivity index (χ3n) is 3.03. The van der Waals surface area contributed by atoms with Crippen LogP contribution in [0.15, 0.2) is 39.3 Å². The zero-order chi connectivity index (χ0) is 15.6. The third-order valence-corrected chi connectivity index (χ3v) is 4.53. The summed E-state index contributed by atoms with van der Waals surface area (Å²) in [6.45, 7) is 2.51. The van der Waals surface area contributed by atoms with Crippen molar-refractivity contribution < 1.29 is 8.78 Å². The molecule has 0 bridgehead atoms. The lowest BCUT2D eigenvalue weighted by atomic mass is 9.98. The molecule has 0 aliphatic rings. The lowest BCUT2D eigenvalue weighted by Gasteiger charge is -2.21. The minimum atomic E-state index is -0.637. The van der Waals surface area contributed by atoms with Crippen molar-refractivity contribution in [1.82, 2.24) is 5.32 Å². The molecule has 2 rings (SSSR count). The minimum absolute atomic E-state index is 0.220. The Balaban J connectivity index is 2.58. The van der Waals surface area contributed by atoms with E-state index in [1.165, 1.54) is 0 Å². The number of rotatable bonds is 4. The van der Waals surface area contributed by atoms with Crippen molar-refractivity contribution in [2.24, 2.45) is 0 Å². The minimum Gasteiger partial charge on any atom is -0.306 e. The van der Waals surface area contributed by atoms with Crippen LogP contribution in [0, 0.1) is 11.6 Å². The van der Waals surface area contributed by atoms with Crippen molar-refractivity contribution in [3.63, 3.8) is 0 Å². The largest absolute Gasteiger partial charge is 0.306 e. The second-order valence-electron chi connectivity index (χ2n) is 4.44. The molecule has 0 amide bonds. The Morgan fingerprint density at radius 3 is 2.48 bits per heavy atom. The maximum Gasteiger partial charge on any atom is 0.142 e. The van der Waals surface area contributed by atoms with Crippen molar-refractivity contribution in [3.05, 3.63) is 67.1 Å². The molecule has 0 heterocycles. The van der Waals surface area contributed by atoms with Gasteiger partial charge in [0.1, 0.15) is 11.6 Å². The Morgan fingerprint density at radius 2 is 1.81 bits per heavy atom. The Hall–Kier alpha value is -0.490. The first kappa shape index (κ1) is 16.9. The van der Waals surface area contributed by atoms with Crippen LogP contribution in [0.3, 0.4) is 0 Å². The van der Waals surface area contributed by atoms with Crippen LogP contribution in [-0.2, 0) is 0 Å². The summed E-state index contributed by atoms with van der Waals surface area (Å²) in [7, 11) is 0. The van der Waals surface area contributed by atoms with E-state index in [9.17, 15) is 8.78 Å². The third kappa shape index (κ3) is 3.83. The molecule has 1 atom stereocenters. The molecule has 2 aromatic rings. The van der Waals surface area contributed by atoms with Crippen LogP contribution in [-0.4, -0.2) is 6.54 Å². The summed E-state index contributed by atoms with van der Waals surface area (Å²) in [5.41, 5.74) is 1.03. The number of benzene rings is 2. The van der Waals surface area contributed by atoms with Gasteiger partial charge in [-0.15, -0.1) is 0 Å². The van der Waals surface area contributed by atoms with Gasteiger partial charge in [-0.2, -0.15) is 0 Å². The van der Waals surface area contributed by atoms with Crippen LogP contribution in [0.1, 0.15) is 24.1 Å². The summed E-state index contributed by atoms with van der Waals surface area (Å²) in [5, 5.41) is 2.95. The van der Waals surface area contributed by atoms with Gasteiger partial charge < -0.3 is 5.32 Å². The van der Waals surface area contributed by atoms with E-state index in [0.717, 1.165) is 26.6 Å². The molecule has 0 aliphatic heterocycles. The Bertz CT molecular complexity index is 664. The molecule has 21 heavy (non-hydrogen) atoms. The maximum atomic E-state index is 14.2. The van der Waals surface area contributed by atoms with Crippen molar-refractivity contribution in [2.75, 3.05) is 6.54 Å². The Kier molecular flexibility index (Phi) is 5.77. The van der Waals surface area contributed by atoms with E-state index in [2.05, 4.69) is 37.2 Å². The quantitative estimate of drug-likeness (QED) is 0.590. The normalized spacial score (nSPS) is 12.5. The van der Waals surface area contributed by atoms with E-state index in [0.29, 0.717) is 6.54 Å². The number of nitrogens with one attached hydrogen (secondary N) is 1. The van der Waals surface area contributed by atoms with Crippen LogP contribution < -0.4 is 5.32 Å². The molecule has 0 aliphatic carbocycles. The molecule has 2 aromatic carbocycles. The van der Waals surface area contributed by atoms with E-state index in [1.54, 1.807) is 0 Å². The molecule has 0 spiro atoms. The molecule has 1 nitrogen and oxygen atoms in total. The topological polar surface area (TPSA) is 12.0 Å². The van der Waals surface area contributed by atoms with Crippen LogP contribution in [0.2, 0.25) is 5.02 Å². The number of hydrogen-bond acceptors (Lipinski definition) is 1. The van der Waals surface area contributed by atoms with Gasteiger partial charge in [-0.25, -0.2) is 8.78 Å². The van der Waals surface area contributed by atoms with Crippen LogP contribution in [0.5, 0.6) is 0 Å². The first-order valence-corrected chi connectivity index (χ1v) is 8.23. The van der Waals surface area contributed by atoms with E-state index < -0.39 is 17.7 Å². The highest BCUT2D eigenvalue weighted by Gasteiger charge is 2.21. The van der Waals surface area contributed by atoms with Crippen LogP contribution >= 0.6 is 43.5 Å². The van der Waals surface area contributed by atoms with Crippen molar-refractivity contribution >= 4 is 43.5 Å². The molecule has 1 N–H and O–H groups in total. The molecule has 0 saturated heterocycles. The van der Waals surface area contributed by atoms with Gasteiger partial charge in [-0.1, -0.05) is 50.4 Å². The predicted octanol–water partition coefficient (Wildman–Crippen LogP) is 5.84. The molecule has 6 heteroatoms. The van der Waals surface area contributed by atoms with Gasteiger partial charge in [0.2, 0.25) is 0 Å². The summed E-state index contributed by atoms with van der Waals surface area (Å²) in [6, 6.07) is 7.25. The average molecular weight is 440 g/mol. The van der Waals surface area contributed by atoms with Gasteiger partial charge in [0.05, 0.1) is 11.1 Å². The van der Waals surface area contributed by atoms with Gasteiger partial charge in [0.15, 0.2) is 0 Å². The summed E-state index contributed by atoms with van der Waals surface area (Å²) < 4.78 is 29.6. The molecule has 0 saturated carbocycles. The smallest absolute Gasteiger partial charge is 0.142 e. The molecule has 112 valence electrons. The van der Waals surface area contributed by atoms with Crippen molar-refractivity contribution in [3.8, 4) is 0 Å². The molecular formula is C15H12Br2ClF2N. The van der Waals surface area contributed by atoms with Gasteiger partial charge in [0, 0.05) is 14.5 Å². The second kappa shape index (κ2) is 7.18. The zero-order valence-electron chi connectivity index (χ0n) is 11.1. The molecule has 0 aromatic heterocycles. The first-order valence-electron chi connectivity index (χ1n) is 6.26. The monoisotopic (exact) mass is 437 g/mol. The predicted molar refractivity (Wildman–Crippen MR) is 88.7 cm³/mol. The van der Waals surface area contributed by atoms with E-state index in [1.807, 2.05) is 25.1 Å². The number of hydrogen-bond donors (Lipinski definition) is 1. The summed E-state index contributed by atoms with van der Waals surface area (Å²) in [4.78, 5) is 0. The lowest BCUT2D eigenvalue weighted by Crippen LogP contribution is -2.23. The van der Waals surface area contributed by atoms with E-state index in [-0.39, 0.29) is 10.6 Å². The van der Waals surface area contributed by atoms with Gasteiger partial charge in [-0.3, -0.25) is 0 Å². The molecule has 0 fully saturated rings. The average Bonchev–Trinajstić information content (AvgIpc) is 2.43. The van der Waals surface area contributed by atoms with Crippen LogP contribution in [0.25, 0.3) is 0 Å². The summed E-state index contributed by atoms with van der Waals surface area (Å²) in [6.07, 6.45) is 0. The highest BCUT2D eigenvalue weighted by Crippen LogP contribution is 2.33. The van der Waals surface area contributed by atoms with E-state index >= 15 is 0 Å². The van der Waals surface area contributed by atoms with Crippen LogP contribution in [0.4, 0.5) is 8.78 Å². The molecule has 0 radical (unpaired) electrons. The van der Waals surface area contributed by atoms with Gasteiger partial charge in [0.25, 0.3) is 0 Å². The Morgan fingerprint density at radius 1 is 1.10 bits per heavy atom. The Labute approximate surface area is 144 Å². The fourth-order valence-corrected chi connectivity index (χ4v) is 3.09. The molecular weight excluding hydrogens is 427 g/mol. The second-order valence-corrected chi connectivity index (χ2v) is 6.62.